The highest BCUT2D eigenvalue weighted by atomic mass is 32.1. The molecule has 0 unspecified atom stereocenters. The van der Waals surface area contributed by atoms with E-state index in [2.05, 4.69) is 41.5 Å². The van der Waals surface area contributed by atoms with E-state index in [9.17, 15) is 4.79 Å². The van der Waals surface area contributed by atoms with Gasteiger partial charge in [-0.1, -0.05) is 73.7 Å². The van der Waals surface area contributed by atoms with Gasteiger partial charge in [0, 0.05) is 11.5 Å². The summed E-state index contributed by atoms with van der Waals surface area (Å²) < 4.78 is 0. The van der Waals surface area contributed by atoms with Crippen LogP contribution in [0.5, 0.6) is 0 Å². The summed E-state index contributed by atoms with van der Waals surface area (Å²) in [5.74, 6) is 0.289. The molecule has 1 heterocycles. The molecule has 0 spiro atoms. The predicted octanol–water partition coefficient (Wildman–Crippen LogP) is 5.48. The van der Waals surface area contributed by atoms with Gasteiger partial charge in [0.2, 0.25) is 5.13 Å². The summed E-state index contributed by atoms with van der Waals surface area (Å²) >= 11 is 1.48. The van der Waals surface area contributed by atoms with E-state index in [1.54, 1.807) is 0 Å². The van der Waals surface area contributed by atoms with Gasteiger partial charge in [-0.3, -0.25) is 10.1 Å². The number of carbonyl (C=O) groups is 1. The first-order valence-corrected chi connectivity index (χ1v) is 10.3. The lowest BCUT2D eigenvalue weighted by atomic mass is 9.99. The van der Waals surface area contributed by atoms with Crippen LogP contribution in [0, 0.1) is 0 Å². The molecule has 1 aromatic heterocycles. The molecule has 0 radical (unpaired) electrons. The normalized spacial score (nSPS) is 10.9. The van der Waals surface area contributed by atoms with E-state index < -0.39 is 0 Å². The zero-order chi connectivity index (χ0) is 19.1. The number of carbonyl (C=O) groups excluding carboxylic acids is 1. The molecule has 0 atom stereocenters. The van der Waals surface area contributed by atoms with Crippen molar-refractivity contribution in [1.29, 1.82) is 0 Å². The van der Waals surface area contributed by atoms with Gasteiger partial charge in [0.25, 0.3) is 5.91 Å². The maximum atomic E-state index is 12.8. The van der Waals surface area contributed by atoms with Gasteiger partial charge >= 0.3 is 0 Å². The van der Waals surface area contributed by atoms with Gasteiger partial charge in [-0.15, -0.1) is 10.2 Å². The molecular formula is C22H25N3OS. The molecule has 1 amide bonds. The van der Waals surface area contributed by atoms with Crippen molar-refractivity contribution in [3.8, 4) is 0 Å². The van der Waals surface area contributed by atoms with Crippen LogP contribution in [0.1, 0.15) is 59.1 Å². The molecule has 0 saturated carbocycles. The van der Waals surface area contributed by atoms with E-state index in [1.165, 1.54) is 16.9 Å². The third kappa shape index (κ3) is 5.01. The van der Waals surface area contributed by atoms with Crippen molar-refractivity contribution < 1.29 is 4.79 Å². The summed E-state index contributed by atoms with van der Waals surface area (Å²) in [4.78, 5) is 12.8. The van der Waals surface area contributed by atoms with Crippen LogP contribution in [-0.4, -0.2) is 16.1 Å². The molecule has 27 heavy (non-hydrogen) atoms. The fourth-order valence-electron chi connectivity index (χ4n) is 3.14. The van der Waals surface area contributed by atoms with Gasteiger partial charge in [-0.25, -0.2) is 0 Å². The Hall–Kier alpha value is -2.53. The molecular weight excluding hydrogens is 354 g/mol. The Balaban J connectivity index is 1.70. The highest BCUT2D eigenvalue weighted by Gasteiger charge is 2.16. The monoisotopic (exact) mass is 379 g/mol. The number of nitrogens with one attached hydrogen (secondary N) is 1. The van der Waals surface area contributed by atoms with Crippen LogP contribution >= 0.6 is 11.3 Å². The summed E-state index contributed by atoms with van der Waals surface area (Å²) in [5.41, 5.74) is 3.02. The van der Waals surface area contributed by atoms with Crippen LogP contribution in [-0.2, 0) is 12.8 Å². The number of amides is 1. The second-order valence-electron chi connectivity index (χ2n) is 6.56. The summed E-state index contributed by atoms with van der Waals surface area (Å²) in [6.07, 6.45) is 3.79. The lowest BCUT2D eigenvalue weighted by Gasteiger charge is -2.09. The standard InChI is InChI=1S/C22H25N3OS/c1-3-17(4-2)21-24-25-22(27-21)23-20(26)19-13-9-8-12-18(19)15-14-16-10-6-5-7-11-16/h5-13,17H,3-4,14-15H2,1-2H3,(H,23,25,26). The summed E-state index contributed by atoms with van der Waals surface area (Å²) in [7, 11) is 0. The first kappa shape index (κ1) is 19.2. The van der Waals surface area contributed by atoms with Crippen molar-refractivity contribution in [2.45, 2.75) is 45.4 Å². The van der Waals surface area contributed by atoms with E-state index in [1.807, 2.05) is 42.5 Å². The maximum absolute atomic E-state index is 12.8. The number of aryl methyl sites for hydroxylation is 2. The predicted molar refractivity (Wildman–Crippen MR) is 111 cm³/mol. The second-order valence-corrected chi connectivity index (χ2v) is 7.56. The molecule has 0 aliphatic heterocycles. The second kappa shape index (κ2) is 9.42. The fourth-order valence-corrected chi connectivity index (χ4v) is 4.14. The van der Waals surface area contributed by atoms with Crippen LogP contribution in [0.15, 0.2) is 54.6 Å². The molecule has 0 bridgehead atoms. The van der Waals surface area contributed by atoms with Gasteiger partial charge in [0.1, 0.15) is 5.01 Å². The number of hydrogen-bond donors (Lipinski definition) is 1. The highest BCUT2D eigenvalue weighted by molar-refractivity contribution is 7.15. The zero-order valence-electron chi connectivity index (χ0n) is 15.8. The van der Waals surface area contributed by atoms with Crippen molar-refractivity contribution in [1.82, 2.24) is 10.2 Å². The number of hydrogen-bond acceptors (Lipinski definition) is 4. The Bertz CT molecular complexity index is 872. The molecule has 0 aliphatic rings. The van der Waals surface area contributed by atoms with Crippen LogP contribution in [0.3, 0.4) is 0 Å². The van der Waals surface area contributed by atoms with Crippen LogP contribution < -0.4 is 5.32 Å². The van der Waals surface area contributed by atoms with Crippen LogP contribution in [0.4, 0.5) is 5.13 Å². The average Bonchev–Trinajstić information content (AvgIpc) is 3.16. The Morgan fingerprint density at radius 2 is 1.67 bits per heavy atom. The van der Waals surface area contributed by atoms with Crippen molar-refractivity contribution in [2.24, 2.45) is 0 Å². The Labute approximate surface area is 164 Å². The molecule has 2 aromatic carbocycles. The molecule has 5 heteroatoms. The maximum Gasteiger partial charge on any atom is 0.257 e. The quantitative estimate of drug-likeness (QED) is 0.564. The number of benzene rings is 2. The SMILES string of the molecule is CCC(CC)c1nnc(NC(=O)c2ccccc2CCc2ccccc2)s1. The molecule has 0 fully saturated rings. The van der Waals surface area contributed by atoms with Gasteiger partial charge < -0.3 is 0 Å². The van der Waals surface area contributed by atoms with E-state index >= 15 is 0 Å². The zero-order valence-corrected chi connectivity index (χ0v) is 16.6. The summed E-state index contributed by atoms with van der Waals surface area (Å²) in [5, 5.41) is 12.9. The largest absolute Gasteiger partial charge is 0.296 e. The molecule has 4 nitrogen and oxygen atoms in total. The van der Waals surface area contributed by atoms with Crippen molar-refractivity contribution >= 4 is 22.4 Å². The van der Waals surface area contributed by atoms with Gasteiger partial charge in [0.05, 0.1) is 0 Å². The fraction of sp³-hybridized carbons (Fsp3) is 0.318. The molecule has 0 saturated heterocycles. The Morgan fingerprint density at radius 1 is 0.963 bits per heavy atom. The van der Waals surface area contributed by atoms with Gasteiger partial charge in [-0.05, 0) is 42.9 Å². The first-order chi connectivity index (χ1) is 13.2. The van der Waals surface area contributed by atoms with E-state index in [4.69, 9.17) is 0 Å². The van der Waals surface area contributed by atoms with E-state index in [-0.39, 0.29) is 5.91 Å². The third-order valence-electron chi connectivity index (χ3n) is 4.78. The number of rotatable bonds is 8. The minimum Gasteiger partial charge on any atom is -0.296 e. The number of anilines is 1. The van der Waals surface area contributed by atoms with Crippen molar-refractivity contribution in [2.75, 3.05) is 5.32 Å². The third-order valence-corrected chi connectivity index (χ3v) is 5.78. The van der Waals surface area contributed by atoms with Gasteiger partial charge in [-0.2, -0.15) is 0 Å². The number of nitrogens with zero attached hydrogens (tertiary/aromatic N) is 2. The van der Waals surface area contributed by atoms with Crippen LogP contribution in [0.2, 0.25) is 0 Å². The number of aromatic nitrogens is 2. The van der Waals surface area contributed by atoms with Crippen molar-refractivity contribution in [3.05, 3.63) is 76.3 Å². The molecule has 0 aliphatic carbocycles. The Kier molecular flexibility index (Phi) is 6.71. The topological polar surface area (TPSA) is 54.9 Å². The van der Waals surface area contributed by atoms with Crippen LogP contribution in [0.25, 0.3) is 0 Å². The molecule has 3 rings (SSSR count). The van der Waals surface area contributed by atoms with E-state index in [0.717, 1.165) is 36.3 Å². The Morgan fingerprint density at radius 3 is 2.41 bits per heavy atom. The minimum atomic E-state index is -0.120. The molecule has 140 valence electrons. The van der Waals surface area contributed by atoms with Crippen molar-refractivity contribution in [3.63, 3.8) is 0 Å². The lowest BCUT2D eigenvalue weighted by molar-refractivity contribution is 0.102. The minimum absolute atomic E-state index is 0.120. The lowest BCUT2D eigenvalue weighted by Crippen LogP contribution is -2.14. The van der Waals surface area contributed by atoms with Gasteiger partial charge in [0.15, 0.2) is 0 Å². The van der Waals surface area contributed by atoms with E-state index in [0.29, 0.717) is 16.6 Å². The average molecular weight is 380 g/mol. The smallest absolute Gasteiger partial charge is 0.257 e. The molecule has 1 N–H and O–H groups in total. The highest BCUT2D eigenvalue weighted by Crippen LogP contribution is 2.28. The molecule has 3 aromatic rings. The summed E-state index contributed by atoms with van der Waals surface area (Å²) in [6.45, 7) is 4.30. The first-order valence-electron chi connectivity index (χ1n) is 9.47. The summed E-state index contributed by atoms with van der Waals surface area (Å²) in [6, 6.07) is 18.1.